The van der Waals surface area contributed by atoms with Gasteiger partial charge in [-0.05, 0) is 38.3 Å². The summed E-state index contributed by atoms with van der Waals surface area (Å²) < 4.78 is 3.20. The molecule has 4 heteroatoms. The molecule has 0 saturated heterocycles. The van der Waals surface area contributed by atoms with Gasteiger partial charge in [-0.1, -0.05) is 28.1 Å². The van der Waals surface area contributed by atoms with Gasteiger partial charge in [0.15, 0.2) is 0 Å². The third kappa shape index (κ3) is 2.41. The van der Waals surface area contributed by atoms with E-state index in [4.69, 9.17) is 5.10 Å². The Morgan fingerprint density at radius 2 is 2.26 bits per heavy atom. The van der Waals surface area contributed by atoms with E-state index in [1.807, 2.05) is 0 Å². The van der Waals surface area contributed by atoms with E-state index in [1.54, 1.807) is 0 Å². The molecule has 0 aliphatic carbocycles. The van der Waals surface area contributed by atoms with Gasteiger partial charge in [-0.15, -0.1) is 0 Å². The molecule has 1 N–H and O–H groups in total. The molecule has 100 valence electrons. The van der Waals surface area contributed by atoms with Crippen LogP contribution in [0.2, 0.25) is 0 Å². The Morgan fingerprint density at radius 3 is 3.05 bits per heavy atom. The fraction of sp³-hybridized carbons (Fsp3) is 0.400. The molecule has 0 atom stereocenters. The van der Waals surface area contributed by atoms with Crippen molar-refractivity contribution < 1.29 is 0 Å². The number of nitrogens with one attached hydrogen (secondary N) is 1. The Kier molecular flexibility index (Phi) is 3.60. The molecule has 0 spiro atoms. The van der Waals surface area contributed by atoms with Crippen LogP contribution in [0.3, 0.4) is 0 Å². The monoisotopic (exact) mass is 319 g/mol. The second kappa shape index (κ2) is 5.37. The predicted molar refractivity (Wildman–Crippen MR) is 82.5 cm³/mol. The largest absolute Gasteiger partial charge is 0.370 e. The van der Waals surface area contributed by atoms with Crippen molar-refractivity contribution in [2.45, 2.75) is 32.7 Å². The summed E-state index contributed by atoms with van der Waals surface area (Å²) in [5.41, 5.74) is 3.70. The van der Waals surface area contributed by atoms with Crippen LogP contribution in [0.1, 0.15) is 25.3 Å². The standard InChI is InChI=1S/C15H18BrN3/c1-2-19-15-13(8-3-4-9-17-15)14(18-19)11-6-5-7-12(16)10-11/h5-7,10,17H,2-4,8-9H2,1H3. The highest BCUT2D eigenvalue weighted by molar-refractivity contribution is 9.10. The van der Waals surface area contributed by atoms with E-state index in [-0.39, 0.29) is 0 Å². The van der Waals surface area contributed by atoms with Crippen LogP contribution in [0.25, 0.3) is 11.3 Å². The first-order valence-electron chi connectivity index (χ1n) is 6.89. The Bertz CT molecular complexity index is 589. The first-order valence-corrected chi connectivity index (χ1v) is 7.68. The molecule has 0 saturated carbocycles. The summed E-state index contributed by atoms with van der Waals surface area (Å²) in [6, 6.07) is 8.41. The van der Waals surface area contributed by atoms with Gasteiger partial charge in [-0.3, -0.25) is 0 Å². The van der Waals surface area contributed by atoms with E-state index in [9.17, 15) is 0 Å². The number of aryl methyl sites for hydroxylation is 1. The van der Waals surface area contributed by atoms with Gasteiger partial charge in [0.25, 0.3) is 0 Å². The fourth-order valence-electron chi connectivity index (χ4n) is 2.66. The van der Waals surface area contributed by atoms with Crippen LogP contribution in [0, 0.1) is 0 Å². The van der Waals surface area contributed by atoms with E-state index in [0.29, 0.717) is 0 Å². The quantitative estimate of drug-likeness (QED) is 0.903. The van der Waals surface area contributed by atoms with Crippen LogP contribution in [-0.4, -0.2) is 16.3 Å². The van der Waals surface area contributed by atoms with Gasteiger partial charge in [0.1, 0.15) is 5.82 Å². The van der Waals surface area contributed by atoms with Crippen molar-refractivity contribution in [2.75, 3.05) is 11.9 Å². The molecular formula is C15H18BrN3. The summed E-state index contributed by atoms with van der Waals surface area (Å²) in [6.45, 7) is 4.10. The van der Waals surface area contributed by atoms with Gasteiger partial charge in [0.05, 0.1) is 5.69 Å². The Labute approximate surface area is 122 Å². The number of rotatable bonds is 2. The fourth-order valence-corrected chi connectivity index (χ4v) is 3.06. The molecule has 3 rings (SSSR count). The van der Waals surface area contributed by atoms with E-state index in [0.717, 1.165) is 29.7 Å². The van der Waals surface area contributed by atoms with Crippen LogP contribution in [-0.2, 0) is 13.0 Å². The lowest BCUT2D eigenvalue weighted by Gasteiger charge is -2.06. The van der Waals surface area contributed by atoms with Gasteiger partial charge in [0.2, 0.25) is 0 Å². The van der Waals surface area contributed by atoms with Gasteiger partial charge < -0.3 is 5.32 Å². The SMILES string of the molecule is CCn1nc(-c2cccc(Br)c2)c2c1NCCCC2. The molecule has 2 heterocycles. The van der Waals surface area contributed by atoms with Crippen molar-refractivity contribution in [1.29, 1.82) is 0 Å². The molecule has 1 aliphatic heterocycles. The minimum atomic E-state index is 0.906. The van der Waals surface area contributed by atoms with E-state index < -0.39 is 0 Å². The first-order chi connectivity index (χ1) is 9.29. The minimum absolute atomic E-state index is 0.906. The number of hydrogen-bond donors (Lipinski definition) is 1. The maximum atomic E-state index is 4.80. The summed E-state index contributed by atoms with van der Waals surface area (Å²) in [4.78, 5) is 0. The molecule has 0 radical (unpaired) electrons. The van der Waals surface area contributed by atoms with Crippen molar-refractivity contribution >= 4 is 21.7 Å². The Balaban J connectivity index is 2.13. The lowest BCUT2D eigenvalue weighted by molar-refractivity contribution is 0.665. The van der Waals surface area contributed by atoms with E-state index in [1.165, 1.54) is 29.8 Å². The number of halogens is 1. The summed E-state index contributed by atoms with van der Waals surface area (Å²) in [7, 11) is 0. The molecule has 0 unspecified atom stereocenters. The van der Waals surface area contributed by atoms with Crippen LogP contribution in [0.15, 0.2) is 28.7 Å². The maximum absolute atomic E-state index is 4.80. The average molecular weight is 320 g/mol. The molecule has 1 aliphatic rings. The number of hydrogen-bond acceptors (Lipinski definition) is 2. The minimum Gasteiger partial charge on any atom is -0.370 e. The normalized spacial score (nSPS) is 14.6. The summed E-state index contributed by atoms with van der Waals surface area (Å²) in [5, 5.41) is 8.33. The van der Waals surface area contributed by atoms with Crippen molar-refractivity contribution in [1.82, 2.24) is 9.78 Å². The molecule has 1 aromatic heterocycles. The molecule has 19 heavy (non-hydrogen) atoms. The third-order valence-corrected chi connectivity index (χ3v) is 4.09. The Hall–Kier alpha value is -1.29. The van der Waals surface area contributed by atoms with Crippen molar-refractivity contribution in [3.8, 4) is 11.3 Å². The molecule has 3 nitrogen and oxygen atoms in total. The highest BCUT2D eigenvalue weighted by Crippen LogP contribution is 2.33. The maximum Gasteiger partial charge on any atom is 0.128 e. The van der Waals surface area contributed by atoms with Crippen molar-refractivity contribution in [3.63, 3.8) is 0 Å². The molecule has 0 amide bonds. The number of aromatic nitrogens is 2. The van der Waals surface area contributed by atoms with Gasteiger partial charge >= 0.3 is 0 Å². The van der Waals surface area contributed by atoms with Crippen LogP contribution in [0.5, 0.6) is 0 Å². The zero-order valence-corrected chi connectivity index (χ0v) is 12.7. The average Bonchev–Trinajstić information content (AvgIpc) is 2.59. The zero-order valence-electron chi connectivity index (χ0n) is 11.1. The molecule has 1 aromatic carbocycles. The highest BCUT2D eigenvalue weighted by Gasteiger charge is 2.19. The Morgan fingerprint density at radius 1 is 1.37 bits per heavy atom. The lowest BCUT2D eigenvalue weighted by Crippen LogP contribution is -2.07. The second-order valence-electron chi connectivity index (χ2n) is 4.89. The highest BCUT2D eigenvalue weighted by atomic mass is 79.9. The predicted octanol–water partition coefficient (Wildman–Crippen LogP) is 4.08. The lowest BCUT2D eigenvalue weighted by atomic mass is 10.0. The number of anilines is 1. The van der Waals surface area contributed by atoms with E-state index >= 15 is 0 Å². The van der Waals surface area contributed by atoms with Crippen LogP contribution < -0.4 is 5.32 Å². The van der Waals surface area contributed by atoms with Crippen LogP contribution >= 0.6 is 15.9 Å². The third-order valence-electron chi connectivity index (χ3n) is 3.59. The number of benzene rings is 1. The zero-order chi connectivity index (χ0) is 13.2. The van der Waals surface area contributed by atoms with E-state index in [2.05, 4.69) is 57.1 Å². The van der Waals surface area contributed by atoms with Crippen molar-refractivity contribution in [3.05, 3.63) is 34.3 Å². The molecule has 2 aromatic rings. The summed E-state index contributed by atoms with van der Waals surface area (Å²) in [5.74, 6) is 1.22. The smallest absolute Gasteiger partial charge is 0.128 e. The first kappa shape index (κ1) is 12.7. The van der Waals surface area contributed by atoms with Gasteiger partial charge in [0, 0.05) is 28.7 Å². The van der Waals surface area contributed by atoms with Gasteiger partial charge in [-0.25, -0.2) is 4.68 Å². The number of nitrogens with zero attached hydrogens (tertiary/aromatic N) is 2. The van der Waals surface area contributed by atoms with Crippen molar-refractivity contribution in [2.24, 2.45) is 0 Å². The molecule has 0 fully saturated rings. The topological polar surface area (TPSA) is 29.9 Å². The van der Waals surface area contributed by atoms with Crippen LogP contribution in [0.4, 0.5) is 5.82 Å². The summed E-state index contributed by atoms with van der Waals surface area (Å²) in [6.07, 6.45) is 3.58. The van der Waals surface area contributed by atoms with Gasteiger partial charge in [-0.2, -0.15) is 5.10 Å². The summed E-state index contributed by atoms with van der Waals surface area (Å²) >= 11 is 3.54. The molecule has 0 bridgehead atoms. The second-order valence-corrected chi connectivity index (χ2v) is 5.80. The number of fused-ring (bicyclic) bond motifs is 1. The molecular weight excluding hydrogens is 302 g/mol.